The van der Waals surface area contributed by atoms with Gasteiger partial charge in [-0.2, -0.15) is 0 Å². The van der Waals surface area contributed by atoms with Crippen LogP contribution in [0.4, 0.5) is 4.79 Å². The van der Waals surface area contributed by atoms with E-state index in [1.807, 2.05) is 70.2 Å². The molecule has 0 aliphatic rings. The zero-order valence-electron chi connectivity index (χ0n) is 16.4. The van der Waals surface area contributed by atoms with E-state index in [1.165, 1.54) is 0 Å². The van der Waals surface area contributed by atoms with Gasteiger partial charge in [0.25, 0.3) is 0 Å². The van der Waals surface area contributed by atoms with Gasteiger partial charge >= 0.3 is 6.09 Å². The van der Waals surface area contributed by atoms with E-state index in [1.54, 1.807) is 11.9 Å². The first kappa shape index (κ1) is 19.8. The summed E-state index contributed by atoms with van der Waals surface area (Å²) in [6, 6.07) is 18.1. The van der Waals surface area contributed by atoms with E-state index in [4.69, 9.17) is 9.47 Å². The van der Waals surface area contributed by atoms with Crippen LogP contribution in [0.15, 0.2) is 54.6 Å². The molecule has 26 heavy (non-hydrogen) atoms. The van der Waals surface area contributed by atoms with Gasteiger partial charge in [-0.15, -0.1) is 0 Å². The molecular weight excluding hydrogens is 326 g/mol. The van der Waals surface area contributed by atoms with E-state index in [-0.39, 0.29) is 12.2 Å². The third kappa shape index (κ3) is 6.10. The maximum atomic E-state index is 12.2. The van der Waals surface area contributed by atoms with Crippen LogP contribution in [0.3, 0.4) is 0 Å². The van der Waals surface area contributed by atoms with Crippen LogP contribution >= 0.6 is 0 Å². The third-order valence-corrected chi connectivity index (χ3v) is 3.97. The highest BCUT2D eigenvalue weighted by Crippen LogP contribution is 2.27. The lowest BCUT2D eigenvalue weighted by molar-refractivity contribution is 0.0278. The molecule has 4 heteroatoms. The maximum Gasteiger partial charge on any atom is 0.410 e. The maximum absolute atomic E-state index is 12.2. The number of para-hydroxylation sites is 1. The lowest BCUT2D eigenvalue weighted by Gasteiger charge is -2.26. The summed E-state index contributed by atoms with van der Waals surface area (Å²) in [7, 11) is 1.75. The van der Waals surface area contributed by atoms with Gasteiger partial charge in [0, 0.05) is 20.0 Å². The van der Waals surface area contributed by atoms with E-state index in [0.29, 0.717) is 13.0 Å². The summed E-state index contributed by atoms with van der Waals surface area (Å²) in [5.74, 6) is 0.862. The molecule has 0 aromatic heterocycles. The van der Waals surface area contributed by atoms with Crippen LogP contribution < -0.4 is 4.74 Å². The Labute approximate surface area is 156 Å². The Bertz CT molecular complexity index is 707. The second kappa shape index (κ2) is 8.75. The van der Waals surface area contributed by atoms with Gasteiger partial charge in [-0.05, 0) is 44.9 Å². The van der Waals surface area contributed by atoms with E-state index in [9.17, 15) is 4.79 Å². The zero-order chi connectivity index (χ0) is 19.2. The summed E-state index contributed by atoms with van der Waals surface area (Å²) >= 11 is 0. The first-order chi connectivity index (χ1) is 12.3. The standard InChI is InChI=1S/C22H29NO3/c1-17-11-9-10-14-19(17)25-20(18-12-7-6-8-13-18)15-16-23(5)21(24)26-22(2,3)4/h6-14,20H,15-16H2,1-5H3. The van der Waals surface area contributed by atoms with Gasteiger partial charge in [-0.3, -0.25) is 0 Å². The van der Waals surface area contributed by atoms with Crippen molar-refractivity contribution in [3.8, 4) is 5.75 Å². The number of aryl methyl sites for hydroxylation is 1. The molecule has 0 aliphatic carbocycles. The van der Waals surface area contributed by atoms with Gasteiger partial charge in [0.1, 0.15) is 17.5 Å². The van der Waals surface area contributed by atoms with Crippen molar-refractivity contribution in [2.24, 2.45) is 0 Å². The van der Waals surface area contributed by atoms with Gasteiger partial charge in [-0.25, -0.2) is 4.79 Å². The van der Waals surface area contributed by atoms with Crippen LogP contribution in [-0.4, -0.2) is 30.2 Å². The Balaban J connectivity index is 2.08. The molecule has 0 N–H and O–H groups in total. The van der Waals surface area contributed by atoms with Crippen LogP contribution in [-0.2, 0) is 4.74 Å². The Hall–Kier alpha value is -2.49. The van der Waals surface area contributed by atoms with Crippen molar-refractivity contribution in [2.45, 2.75) is 45.8 Å². The van der Waals surface area contributed by atoms with Crippen LogP contribution in [0.1, 0.15) is 44.4 Å². The summed E-state index contributed by atoms with van der Waals surface area (Å²) in [6.45, 7) is 8.18. The normalized spacial score (nSPS) is 12.3. The number of ether oxygens (including phenoxy) is 2. The molecule has 2 rings (SSSR count). The minimum absolute atomic E-state index is 0.137. The van der Waals surface area contributed by atoms with E-state index < -0.39 is 5.60 Å². The molecule has 4 nitrogen and oxygen atoms in total. The van der Waals surface area contributed by atoms with Crippen molar-refractivity contribution in [1.29, 1.82) is 0 Å². The molecule has 1 unspecified atom stereocenters. The molecule has 0 saturated heterocycles. The van der Waals surface area contributed by atoms with Crippen molar-refractivity contribution < 1.29 is 14.3 Å². The molecule has 0 aliphatic heterocycles. The van der Waals surface area contributed by atoms with Crippen LogP contribution in [0.5, 0.6) is 5.75 Å². The number of amides is 1. The molecule has 0 saturated carbocycles. The summed E-state index contributed by atoms with van der Waals surface area (Å²) in [5.41, 5.74) is 1.68. The highest BCUT2D eigenvalue weighted by atomic mass is 16.6. The van der Waals surface area contributed by atoms with E-state index in [2.05, 4.69) is 12.1 Å². The van der Waals surface area contributed by atoms with E-state index >= 15 is 0 Å². The van der Waals surface area contributed by atoms with Crippen molar-refractivity contribution in [3.63, 3.8) is 0 Å². The third-order valence-electron chi connectivity index (χ3n) is 3.97. The second-order valence-electron chi connectivity index (χ2n) is 7.47. The van der Waals surface area contributed by atoms with Gasteiger partial charge in [0.2, 0.25) is 0 Å². The van der Waals surface area contributed by atoms with Crippen LogP contribution in [0.25, 0.3) is 0 Å². The number of benzene rings is 2. The average Bonchev–Trinajstić information content (AvgIpc) is 2.59. The lowest BCUT2D eigenvalue weighted by atomic mass is 10.1. The van der Waals surface area contributed by atoms with Gasteiger partial charge < -0.3 is 14.4 Å². The Morgan fingerprint density at radius 1 is 1.04 bits per heavy atom. The smallest absolute Gasteiger partial charge is 0.410 e. The fourth-order valence-electron chi connectivity index (χ4n) is 2.55. The predicted molar refractivity (Wildman–Crippen MR) is 104 cm³/mol. The fraction of sp³-hybridized carbons (Fsp3) is 0.409. The predicted octanol–water partition coefficient (Wildman–Crippen LogP) is 5.37. The first-order valence-corrected chi connectivity index (χ1v) is 8.97. The summed E-state index contributed by atoms with van der Waals surface area (Å²) in [4.78, 5) is 13.8. The molecule has 1 amide bonds. The molecule has 0 spiro atoms. The summed E-state index contributed by atoms with van der Waals surface area (Å²) in [5, 5.41) is 0. The Kier molecular flexibility index (Phi) is 6.67. The van der Waals surface area contributed by atoms with Crippen molar-refractivity contribution in [1.82, 2.24) is 4.90 Å². The highest BCUT2D eigenvalue weighted by Gasteiger charge is 2.21. The van der Waals surface area contributed by atoms with Gasteiger partial charge in [-0.1, -0.05) is 48.5 Å². The van der Waals surface area contributed by atoms with Gasteiger partial charge in [0.15, 0.2) is 0 Å². The fourth-order valence-corrected chi connectivity index (χ4v) is 2.55. The lowest BCUT2D eigenvalue weighted by Crippen LogP contribution is -2.35. The second-order valence-corrected chi connectivity index (χ2v) is 7.47. The SMILES string of the molecule is Cc1ccccc1OC(CCN(C)C(=O)OC(C)(C)C)c1ccccc1. The highest BCUT2D eigenvalue weighted by molar-refractivity contribution is 5.67. The van der Waals surface area contributed by atoms with E-state index in [0.717, 1.165) is 16.9 Å². The molecule has 0 bridgehead atoms. The average molecular weight is 355 g/mol. The topological polar surface area (TPSA) is 38.8 Å². The van der Waals surface area contributed by atoms with Crippen LogP contribution in [0.2, 0.25) is 0 Å². The Morgan fingerprint density at radius 3 is 2.27 bits per heavy atom. The quantitative estimate of drug-likeness (QED) is 0.699. The minimum atomic E-state index is -0.498. The first-order valence-electron chi connectivity index (χ1n) is 8.97. The molecular formula is C22H29NO3. The van der Waals surface area contributed by atoms with Crippen LogP contribution in [0, 0.1) is 6.92 Å². The minimum Gasteiger partial charge on any atom is -0.485 e. The Morgan fingerprint density at radius 2 is 1.65 bits per heavy atom. The molecule has 2 aromatic rings. The number of hydrogen-bond acceptors (Lipinski definition) is 3. The number of nitrogens with zero attached hydrogens (tertiary/aromatic N) is 1. The largest absolute Gasteiger partial charge is 0.485 e. The summed E-state index contributed by atoms with van der Waals surface area (Å²) in [6.07, 6.45) is 0.219. The number of carbonyl (C=O) groups is 1. The number of carbonyl (C=O) groups excluding carboxylic acids is 1. The molecule has 2 aromatic carbocycles. The zero-order valence-corrected chi connectivity index (χ0v) is 16.4. The van der Waals surface area contributed by atoms with Crippen molar-refractivity contribution in [3.05, 3.63) is 65.7 Å². The van der Waals surface area contributed by atoms with Crippen molar-refractivity contribution >= 4 is 6.09 Å². The molecule has 0 heterocycles. The van der Waals surface area contributed by atoms with Crippen molar-refractivity contribution in [2.75, 3.05) is 13.6 Å². The van der Waals surface area contributed by atoms with Gasteiger partial charge in [0.05, 0.1) is 0 Å². The molecule has 0 fully saturated rings. The number of hydrogen-bond donors (Lipinski definition) is 0. The summed E-state index contributed by atoms with van der Waals surface area (Å²) < 4.78 is 11.7. The molecule has 1 atom stereocenters. The monoisotopic (exact) mass is 355 g/mol. The molecule has 0 radical (unpaired) electrons. The number of rotatable bonds is 6. The molecule has 140 valence electrons.